The Kier molecular flexibility index (Phi) is 9.78. The Hall–Kier alpha value is -1.17. The van der Waals surface area contributed by atoms with Crippen LogP contribution in [0.15, 0.2) is 18.3 Å². The largest absolute Gasteiger partial charge is 0.493 e. The Balaban J connectivity index is 2.17. The third-order valence-electron chi connectivity index (χ3n) is 2.78. The number of hydrogen-bond acceptors (Lipinski definition) is 5. The average Bonchev–Trinajstić information content (AvgIpc) is 2.46. The van der Waals surface area contributed by atoms with E-state index in [0.29, 0.717) is 32.3 Å². The fourth-order valence-electron chi connectivity index (χ4n) is 1.73. The molecular weight excluding hydrogens is 268 g/mol. The molecule has 21 heavy (non-hydrogen) atoms. The monoisotopic (exact) mass is 296 g/mol. The molecule has 0 saturated carbocycles. The number of aromatic nitrogens is 1. The van der Waals surface area contributed by atoms with Gasteiger partial charge >= 0.3 is 0 Å². The lowest BCUT2D eigenvalue weighted by molar-refractivity contribution is 0.0644. The Labute approximate surface area is 128 Å². The van der Waals surface area contributed by atoms with E-state index in [1.54, 1.807) is 13.3 Å². The molecule has 0 atom stereocenters. The molecule has 0 radical (unpaired) electrons. The van der Waals surface area contributed by atoms with Gasteiger partial charge in [-0.1, -0.05) is 13.8 Å². The molecule has 0 bridgehead atoms. The lowest BCUT2D eigenvalue weighted by atomic mass is 10.2. The van der Waals surface area contributed by atoms with Crippen molar-refractivity contribution >= 4 is 0 Å². The van der Waals surface area contributed by atoms with E-state index in [4.69, 9.17) is 14.2 Å². The van der Waals surface area contributed by atoms with Crippen molar-refractivity contribution in [1.29, 1.82) is 0 Å². The first-order valence-electron chi connectivity index (χ1n) is 7.57. The van der Waals surface area contributed by atoms with Gasteiger partial charge in [0.05, 0.1) is 25.5 Å². The first-order chi connectivity index (χ1) is 10.2. The van der Waals surface area contributed by atoms with Crippen molar-refractivity contribution in [1.82, 2.24) is 10.3 Å². The summed E-state index contributed by atoms with van der Waals surface area (Å²) < 4.78 is 16.0. The number of hydrogen-bond donors (Lipinski definition) is 1. The zero-order valence-electron chi connectivity index (χ0n) is 13.4. The van der Waals surface area contributed by atoms with E-state index in [0.717, 1.165) is 31.0 Å². The number of nitrogens with zero attached hydrogens (tertiary/aromatic N) is 1. The summed E-state index contributed by atoms with van der Waals surface area (Å²) in [6, 6.07) is 3.87. The van der Waals surface area contributed by atoms with Crippen LogP contribution in [0.4, 0.5) is 0 Å². The van der Waals surface area contributed by atoms with E-state index in [1.165, 1.54) is 0 Å². The fourth-order valence-corrected chi connectivity index (χ4v) is 1.73. The molecule has 0 fully saturated rings. The molecule has 0 spiro atoms. The molecule has 1 aromatic rings. The summed E-state index contributed by atoms with van der Waals surface area (Å²) in [5.74, 6) is 1.51. The minimum absolute atomic E-state index is 0.636. The van der Waals surface area contributed by atoms with Gasteiger partial charge in [-0.2, -0.15) is 0 Å². The molecule has 5 nitrogen and oxygen atoms in total. The summed E-state index contributed by atoms with van der Waals surface area (Å²) in [5.41, 5.74) is 1.00. The Bertz CT molecular complexity index is 372. The number of nitrogens with one attached hydrogen (secondary N) is 1. The van der Waals surface area contributed by atoms with Gasteiger partial charge in [0, 0.05) is 38.9 Å². The highest BCUT2D eigenvalue weighted by Crippen LogP contribution is 2.11. The fraction of sp³-hybridized carbons (Fsp3) is 0.688. The van der Waals surface area contributed by atoms with Crippen molar-refractivity contribution < 1.29 is 14.2 Å². The van der Waals surface area contributed by atoms with Crippen molar-refractivity contribution in [3.63, 3.8) is 0 Å². The molecule has 1 N–H and O–H groups in total. The zero-order valence-corrected chi connectivity index (χ0v) is 13.4. The van der Waals surface area contributed by atoms with Crippen LogP contribution in [0.5, 0.6) is 5.75 Å². The van der Waals surface area contributed by atoms with Crippen LogP contribution in [-0.2, 0) is 16.0 Å². The van der Waals surface area contributed by atoms with Gasteiger partial charge < -0.3 is 19.5 Å². The topological polar surface area (TPSA) is 52.6 Å². The summed E-state index contributed by atoms with van der Waals surface area (Å²) in [6.07, 6.45) is 2.66. The normalized spacial score (nSPS) is 11.0. The number of ether oxygens (including phenoxy) is 3. The van der Waals surface area contributed by atoms with Gasteiger partial charge in [-0.05, 0) is 18.5 Å². The van der Waals surface area contributed by atoms with Crippen molar-refractivity contribution in [2.75, 3.05) is 40.1 Å². The first-order valence-corrected chi connectivity index (χ1v) is 7.57. The second-order valence-corrected chi connectivity index (χ2v) is 5.31. The molecule has 0 amide bonds. The summed E-state index contributed by atoms with van der Waals surface area (Å²) in [6.45, 7) is 8.76. The molecule has 0 saturated heterocycles. The van der Waals surface area contributed by atoms with E-state index in [1.807, 2.05) is 12.1 Å². The smallest absolute Gasteiger partial charge is 0.122 e. The lowest BCUT2D eigenvalue weighted by Crippen LogP contribution is -2.19. The number of methoxy groups -OCH3 is 1. The van der Waals surface area contributed by atoms with Crippen LogP contribution < -0.4 is 10.1 Å². The van der Waals surface area contributed by atoms with Crippen LogP contribution in [0.2, 0.25) is 0 Å². The second-order valence-electron chi connectivity index (χ2n) is 5.31. The van der Waals surface area contributed by atoms with Crippen LogP contribution in [0.25, 0.3) is 0 Å². The summed E-state index contributed by atoms with van der Waals surface area (Å²) in [7, 11) is 1.67. The van der Waals surface area contributed by atoms with Gasteiger partial charge in [0.2, 0.25) is 0 Å². The van der Waals surface area contributed by atoms with Crippen molar-refractivity contribution in [2.24, 2.45) is 5.92 Å². The van der Waals surface area contributed by atoms with Gasteiger partial charge in [0.1, 0.15) is 5.75 Å². The highest BCUT2D eigenvalue weighted by atomic mass is 16.5. The van der Waals surface area contributed by atoms with Crippen molar-refractivity contribution in [3.8, 4) is 5.75 Å². The summed E-state index contributed by atoms with van der Waals surface area (Å²) in [5, 5.41) is 3.37. The molecule has 0 aromatic carbocycles. The highest BCUT2D eigenvalue weighted by Gasteiger charge is 2.00. The van der Waals surface area contributed by atoms with Gasteiger partial charge in [-0.25, -0.2) is 0 Å². The Morgan fingerprint density at radius 1 is 1.19 bits per heavy atom. The third-order valence-corrected chi connectivity index (χ3v) is 2.78. The minimum Gasteiger partial charge on any atom is -0.493 e. The summed E-state index contributed by atoms with van der Waals surface area (Å²) in [4.78, 5) is 4.33. The van der Waals surface area contributed by atoms with E-state index in [2.05, 4.69) is 24.1 Å². The summed E-state index contributed by atoms with van der Waals surface area (Å²) >= 11 is 0. The molecule has 120 valence electrons. The standard InChI is InChI=1S/C16H28N2O3/c1-14(2)12-17-13-15-11-16(5-6-18-15)21-8-4-7-20-10-9-19-3/h5-6,11,14,17H,4,7-10,12-13H2,1-3H3. The lowest BCUT2D eigenvalue weighted by Gasteiger charge is -2.09. The molecule has 0 aliphatic heterocycles. The number of pyridine rings is 1. The van der Waals surface area contributed by atoms with E-state index in [-0.39, 0.29) is 0 Å². The third kappa shape index (κ3) is 9.39. The van der Waals surface area contributed by atoms with Gasteiger partial charge in [0.15, 0.2) is 0 Å². The molecule has 0 unspecified atom stereocenters. The van der Waals surface area contributed by atoms with Crippen LogP contribution in [0, 0.1) is 5.92 Å². The van der Waals surface area contributed by atoms with Crippen LogP contribution in [0.3, 0.4) is 0 Å². The molecule has 1 heterocycles. The van der Waals surface area contributed by atoms with Gasteiger partial charge in [-0.15, -0.1) is 0 Å². The molecule has 0 aliphatic rings. The molecule has 0 aliphatic carbocycles. The maximum absolute atomic E-state index is 5.70. The number of rotatable bonds is 12. The molecule has 5 heteroatoms. The first kappa shape index (κ1) is 17.9. The van der Waals surface area contributed by atoms with E-state index < -0.39 is 0 Å². The van der Waals surface area contributed by atoms with Gasteiger partial charge in [-0.3, -0.25) is 4.98 Å². The molecule has 1 rings (SSSR count). The van der Waals surface area contributed by atoms with Crippen LogP contribution in [0.1, 0.15) is 26.0 Å². The van der Waals surface area contributed by atoms with Crippen molar-refractivity contribution in [2.45, 2.75) is 26.8 Å². The molecule has 1 aromatic heterocycles. The van der Waals surface area contributed by atoms with E-state index >= 15 is 0 Å². The Morgan fingerprint density at radius 3 is 2.81 bits per heavy atom. The Morgan fingerprint density at radius 2 is 2.05 bits per heavy atom. The maximum atomic E-state index is 5.70. The van der Waals surface area contributed by atoms with Crippen LogP contribution >= 0.6 is 0 Å². The SMILES string of the molecule is COCCOCCCOc1ccnc(CNCC(C)C)c1. The maximum Gasteiger partial charge on any atom is 0.122 e. The van der Waals surface area contributed by atoms with E-state index in [9.17, 15) is 0 Å². The predicted octanol–water partition coefficient (Wildman–Crippen LogP) is 2.26. The molecular formula is C16H28N2O3. The zero-order chi connectivity index (χ0) is 15.3. The second kappa shape index (κ2) is 11.5. The van der Waals surface area contributed by atoms with Crippen LogP contribution in [-0.4, -0.2) is 45.1 Å². The quantitative estimate of drug-likeness (QED) is 0.600. The highest BCUT2D eigenvalue weighted by molar-refractivity contribution is 5.22. The van der Waals surface area contributed by atoms with Gasteiger partial charge in [0.25, 0.3) is 0 Å². The minimum atomic E-state index is 0.636. The average molecular weight is 296 g/mol. The van der Waals surface area contributed by atoms with Crippen molar-refractivity contribution in [3.05, 3.63) is 24.0 Å². The predicted molar refractivity (Wildman–Crippen MR) is 83.6 cm³/mol.